The summed E-state index contributed by atoms with van der Waals surface area (Å²) in [6.45, 7) is 3.17. The minimum Gasteiger partial charge on any atom is -0.493 e. The van der Waals surface area contributed by atoms with Crippen LogP contribution < -0.4 is 14.8 Å². The van der Waals surface area contributed by atoms with Gasteiger partial charge >= 0.3 is 0 Å². The summed E-state index contributed by atoms with van der Waals surface area (Å²) in [7, 11) is 4.75. The van der Waals surface area contributed by atoms with Crippen LogP contribution in [0.15, 0.2) is 48.5 Å². The molecular weight excluding hydrogens is 396 g/mol. The first-order chi connectivity index (χ1) is 15.0. The fraction of sp³-hybridized carbons (Fsp3) is 0.417. The van der Waals surface area contributed by atoms with E-state index in [1.807, 2.05) is 36.4 Å². The minimum atomic E-state index is -0.615. The van der Waals surface area contributed by atoms with Crippen molar-refractivity contribution in [2.45, 2.75) is 32.4 Å². The molecule has 2 aromatic carbocycles. The summed E-state index contributed by atoms with van der Waals surface area (Å²) >= 11 is 0. The van der Waals surface area contributed by atoms with E-state index in [0.717, 1.165) is 11.1 Å². The van der Waals surface area contributed by atoms with E-state index in [2.05, 4.69) is 5.32 Å². The maximum absolute atomic E-state index is 13.2. The molecule has 1 atom stereocenters. The van der Waals surface area contributed by atoms with Gasteiger partial charge in [-0.3, -0.25) is 9.59 Å². The fourth-order valence-electron chi connectivity index (χ4n) is 3.21. The number of methoxy groups -OCH3 is 3. The van der Waals surface area contributed by atoms with E-state index in [1.165, 1.54) is 0 Å². The first-order valence-corrected chi connectivity index (χ1v) is 10.3. The second kappa shape index (κ2) is 12.6. The molecule has 2 amide bonds. The maximum atomic E-state index is 13.2. The third kappa shape index (κ3) is 7.29. The lowest BCUT2D eigenvalue weighted by Gasteiger charge is -2.29. The number of nitrogens with one attached hydrogen (secondary N) is 1. The summed E-state index contributed by atoms with van der Waals surface area (Å²) in [5.41, 5.74) is 1.75. The van der Waals surface area contributed by atoms with Gasteiger partial charge in [0, 0.05) is 26.8 Å². The van der Waals surface area contributed by atoms with Crippen LogP contribution in [0.25, 0.3) is 0 Å². The van der Waals surface area contributed by atoms with Gasteiger partial charge in [-0.15, -0.1) is 0 Å². The van der Waals surface area contributed by atoms with E-state index < -0.39 is 6.04 Å². The molecule has 2 rings (SSSR count). The lowest BCUT2D eigenvalue weighted by molar-refractivity contribution is -0.140. The molecule has 168 valence electrons. The lowest BCUT2D eigenvalue weighted by Crippen LogP contribution is -2.48. The number of ether oxygens (including phenoxy) is 3. The van der Waals surface area contributed by atoms with Crippen LogP contribution in [-0.4, -0.2) is 57.2 Å². The zero-order valence-electron chi connectivity index (χ0n) is 18.7. The summed E-state index contributed by atoms with van der Waals surface area (Å²) in [6, 6.07) is 14.4. The normalized spacial score (nSPS) is 11.5. The molecule has 0 spiro atoms. The molecule has 1 N–H and O–H groups in total. The van der Waals surface area contributed by atoms with E-state index in [-0.39, 0.29) is 18.2 Å². The number of benzene rings is 2. The molecule has 0 aliphatic carbocycles. The molecule has 31 heavy (non-hydrogen) atoms. The molecule has 0 aliphatic heterocycles. The molecule has 0 saturated carbocycles. The predicted molar refractivity (Wildman–Crippen MR) is 119 cm³/mol. The van der Waals surface area contributed by atoms with E-state index >= 15 is 0 Å². The number of nitrogens with zero attached hydrogens (tertiary/aromatic N) is 1. The average molecular weight is 429 g/mol. The minimum absolute atomic E-state index is 0.143. The number of hydrogen-bond acceptors (Lipinski definition) is 5. The van der Waals surface area contributed by atoms with Gasteiger partial charge in [0.1, 0.15) is 6.04 Å². The van der Waals surface area contributed by atoms with E-state index in [0.29, 0.717) is 37.6 Å². The van der Waals surface area contributed by atoms with Crippen LogP contribution >= 0.6 is 0 Å². The Balaban J connectivity index is 2.16. The molecule has 0 aliphatic rings. The van der Waals surface area contributed by atoms with Gasteiger partial charge in [0.05, 0.1) is 20.6 Å². The highest BCUT2D eigenvalue weighted by Crippen LogP contribution is 2.28. The summed E-state index contributed by atoms with van der Waals surface area (Å²) < 4.78 is 15.6. The van der Waals surface area contributed by atoms with Crippen molar-refractivity contribution < 1.29 is 23.8 Å². The average Bonchev–Trinajstić information content (AvgIpc) is 2.80. The van der Waals surface area contributed by atoms with Gasteiger partial charge in [-0.2, -0.15) is 0 Å². The maximum Gasteiger partial charge on any atom is 0.242 e. The molecule has 0 fully saturated rings. The van der Waals surface area contributed by atoms with Crippen LogP contribution in [0.2, 0.25) is 0 Å². The van der Waals surface area contributed by atoms with Crippen LogP contribution in [0.5, 0.6) is 11.5 Å². The first kappa shape index (κ1) is 24.2. The number of amides is 2. The Labute approximate surface area is 184 Å². The fourth-order valence-corrected chi connectivity index (χ4v) is 3.21. The van der Waals surface area contributed by atoms with Crippen LogP contribution in [0.3, 0.4) is 0 Å². The quantitative estimate of drug-likeness (QED) is 0.526. The van der Waals surface area contributed by atoms with Crippen LogP contribution in [-0.2, 0) is 27.3 Å². The third-order valence-electron chi connectivity index (χ3n) is 4.99. The molecule has 0 saturated heterocycles. The lowest BCUT2D eigenvalue weighted by atomic mass is 10.1. The van der Waals surface area contributed by atoms with E-state index in [4.69, 9.17) is 14.2 Å². The molecular formula is C24H32N2O5. The third-order valence-corrected chi connectivity index (χ3v) is 4.99. The highest BCUT2D eigenvalue weighted by atomic mass is 16.5. The van der Waals surface area contributed by atoms with Crippen molar-refractivity contribution in [1.82, 2.24) is 10.2 Å². The molecule has 0 heterocycles. The summed E-state index contributed by atoms with van der Waals surface area (Å²) in [5.74, 6) is 0.832. The topological polar surface area (TPSA) is 77.1 Å². The Morgan fingerprint density at radius 2 is 1.68 bits per heavy atom. The van der Waals surface area contributed by atoms with Gasteiger partial charge < -0.3 is 24.4 Å². The summed E-state index contributed by atoms with van der Waals surface area (Å²) in [4.78, 5) is 27.6. The van der Waals surface area contributed by atoms with Gasteiger partial charge in [0.15, 0.2) is 11.5 Å². The van der Waals surface area contributed by atoms with Crippen molar-refractivity contribution >= 4 is 11.8 Å². The molecule has 0 aromatic heterocycles. The van der Waals surface area contributed by atoms with Gasteiger partial charge in [-0.25, -0.2) is 0 Å². The van der Waals surface area contributed by atoms with Crippen molar-refractivity contribution in [2.24, 2.45) is 0 Å². The Bertz CT molecular complexity index is 841. The molecule has 0 bridgehead atoms. The zero-order valence-corrected chi connectivity index (χ0v) is 18.7. The molecule has 1 unspecified atom stereocenters. The smallest absolute Gasteiger partial charge is 0.242 e. The van der Waals surface area contributed by atoms with E-state index in [1.54, 1.807) is 45.3 Å². The van der Waals surface area contributed by atoms with Crippen molar-refractivity contribution in [1.29, 1.82) is 0 Å². The number of hydrogen-bond donors (Lipinski definition) is 1. The van der Waals surface area contributed by atoms with Crippen LogP contribution in [0.4, 0.5) is 0 Å². The Kier molecular flexibility index (Phi) is 9.84. The second-order valence-corrected chi connectivity index (χ2v) is 7.19. The largest absolute Gasteiger partial charge is 0.493 e. The Morgan fingerprint density at radius 1 is 0.968 bits per heavy atom. The van der Waals surface area contributed by atoms with Gasteiger partial charge in [0.25, 0.3) is 0 Å². The number of rotatable bonds is 12. The van der Waals surface area contributed by atoms with Gasteiger partial charge in [-0.05, 0) is 36.6 Å². The molecule has 7 heteroatoms. The van der Waals surface area contributed by atoms with Crippen molar-refractivity contribution in [3.8, 4) is 11.5 Å². The standard InChI is InChI=1S/C24H32N2O5/c1-18(24(28)25-13-8-14-29-2)26(17-19-9-6-5-7-10-19)23(27)16-20-11-12-21(30-3)22(15-20)31-4/h5-7,9-12,15,18H,8,13-14,16-17H2,1-4H3,(H,25,28). The number of carbonyl (C=O) groups is 2. The molecule has 0 radical (unpaired) electrons. The second-order valence-electron chi connectivity index (χ2n) is 7.19. The molecule has 7 nitrogen and oxygen atoms in total. The highest BCUT2D eigenvalue weighted by molar-refractivity contribution is 5.88. The van der Waals surface area contributed by atoms with Gasteiger partial charge in [0.2, 0.25) is 11.8 Å². The summed E-state index contributed by atoms with van der Waals surface area (Å²) in [5, 5.41) is 2.89. The summed E-state index contributed by atoms with van der Waals surface area (Å²) in [6.07, 6.45) is 0.863. The number of carbonyl (C=O) groups excluding carboxylic acids is 2. The van der Waals surface area contributed by atoms with Crippen molar-refractivity contribution in [3.05, 3.63) is 59.7 Å². The zero-order chi connectivity index (χ0) is 22.6. The predicted octanol–water partition coefficient (Wildman–Crippen LogP) is 2.82. The van der Waals surface area contributed by atoms with Gasteiger partial charge in [-0.1, -0.05) is 36.4 Å². The highest BCUT2D eigenvalue weighted by Gasteiger charge is 2.26. The van der Waals surface area contributed by atoms with Crippen molar-refractivity contribution in [3.63, 3.8) is 0 Å². The molecule has 2 aromatic rings. The first-order valence-electron chi connectivity index (χ1n) is 10.3. The van der Waals surface area contributed by atoms with Crippen LogP contribution in [0, 0.1) is 0 Å². The van der Waals surface area contributed by atoms with Crippen molar-refractivity contribution in [2.75, 3.05) is 34.5 Å². The van der Waals surface area contributed by atoms with E-state index in [9.17, 15) is 9.59 Å². The SMILES string of the molecule is COCCCNC(=O)C(C)N(Cc1ccccc1)C(=O)Cc1ccc(OC)c(OC)c1. The Hall–Kier alpha value is -3.06. The van der Waals surface area contributed by atoms with Crippen LogP contribution in [0.1, 0.15) is 24.5 Å². The Morgan fingerprint density at radius 3 is 2.32 bits per heavy atom. The monoisotopic (exact) mass is 428 g/mol.